The number of amides is 1. The van der Waals surface area contributed by atoms with Crippen LogP contribution in [0.2, 0.25) is 5.02 Å². The topological polar surface area (TPSA) is 44.7 Å². The minimum absolute atomic E-state index is 0. The Labute approximate surface area is 124 Å². The van der Waals surface area contributed by atoms with Gasteiger partial charge in [-0.2, -0.15) is 5.10 Å². The SMILES string of the molecule is Cl.O=C(CN1CCCC1)N/N=C/c1ccc(Cl)cc1. The van der Waals surface area contributed by atoms with E-state index in [1.165, 1.54) is 12.8 Å². The lowest BCUT2D eigenvalue weighted by molar-refractivity contribution is -0.121. The van der Waals surface area contributed by atoms with Crippen LogP contribution in [0, 0.1) is 0 Å². The third-order valence-electron chi connectivity index (χ3n) is 2.84. The summed E-state index contributed by atoms with van der Waals surface area (Å²) in [5, 5.41) is 4.60. The van der Waals surface area contributed by atoms with Crippen LogP contribution in [-0.2, 0) is 4.79 Å². The summed E-state index contributed by atoms with van der Waals surface area (Å²) in [4.78, 5) is 13.7. The summed E-state index contributed by atoms with van der Waals surface area (Å²) in [6.07, 6.45) is 3.97. The van der Waals surface area contributed by atoms with Crippen molar-refractivity contribution in [3.63, 3.8) is 0 Å². The molecule has 1 amide bonds. The smallest absolute Gasteiger partial charge is 0.254 e. The van der Waals surface area contributed by atoms with E-state index in [4.69, 9.17) is 11.6 Å². The molecule has 0 spiro atoms. The maximum absolute atomic E-state index is 11.6. The van der Waals surface area contributed by atoms with Gasteiger partial charge in [-0.3, -0.25) is 9.69 Å². The van der Waals surface area contributed by atoms with E-state index >= 15 is 0 Å². The number of nitrogens with zero attached hydrogens (tertiary/aromatic N) is 2. The van der Waals surface area contributed by atoms with E-state index in [0.29, 0.717) is 11.6 Å². The molecule has 1 fully saturated rings. The molecule has 4 nitrogen and oxygen atoms in total. The molecule has 0 unspecified atom stereocenters. The molecule has 2 rings (SSSR count). The number of carbonyl (C=O) groups is 1. The maximum Gasteiger partial charge on any atom is 0.254 e. The maximum atomic E-state index is 11.6. The molecule has 19 heavy (non-hydrogen) atoms. The molecule has 0 bridgehead atoms. The summed E-state index contributed by atoms with van der Waals surface area (Å²) in [5.41, 5.74) is 3.43. The van der Waals surface area contributed by atoms with Crippen LogP contribution in [0.4, 0.5) is 0 Å². The van der Waals surface area contributed by atoms with Crippen molar-refractivity contribution in [3.05, 3.63) is 34.9 Å². The molecule has 0 radical (unpaired) electrons. The zero-order chi connectivity index (χ0) is 12.8. The Kier molecular flexibility index (Phi) is 6.84. The molecule has 1 heterocycles. The largest absolute Gasteiger partial charge is 0.294 e. The zero-order valence-electron chi connectivity index (χ0n) is 10.5. The zero-order valence-corrected chi connectivity index (χ0v) is 12.1. The van der Waals surface area contributed by atoms with Crippen LogP contribution in [0.3, 0.4) is 0 Å². The van der Waals surface area contributed by atoms with Crippen LogP contribution in [0.25, 0.3) is 0 Å². The summed E-state index contributed by atoms with van der Waals surface area (Å²) in [5.74, 6) is -0.0675. The summed E-state index contributed by atoms with van der Waals surface area (Å²) >= 11 is 5.77. The van der Waals surface area contributed by atoms with Crippen molar-refractivity contribution in [1.29, 1.82) is 0 Å². The fraction of sp³-hybridized carbons (Fsp3) is 0.385. The van der Waals surface area contributed by atoms with Gasteiger partial charge in [0.2, 0.25) is 0 Å². The van der Waals surface area contributed by atoms with Crippen molar-refractivity contribution >= 4 is 36.1 Å². The number of nitrogens with one attached hydrogen (secondary N) is 1. The van der Waals surface area contributed by atoms with E-state index in [-0.39, 0.29) is 18.3 Å². The van der Waals surface area contributed by atoms with E-state index in [0.717, 1.165) is 18.7 Å². The van der Waals surface area contributed by atoms with Gasteiger partial charge in [-0.05, 0) is 43.6 Å². The van der Waals surface area contributed by atoms with Gasteiger partial charge in [0.15, 0.2) is 0 Å². The number of hydrogen-bond acceptors (Lipinski definition) is 3. The molecule has 1 N–H and O–H groups in total. The third-order valence-corrected chi connectivity index (χ3v) is 3.09. The predicted molar refractivity (Wildman–Crippen MR) is 80.1 cm³/mol. The van der Waals surface area contributed by atoms with Gasteiger partial charge in [0.05, 0.1) is 12.8 Å². The monoisotopic (exact) mass is 301 g/mol. The van der Waals surface area contributed by atoms with Crippen LogP contribution in [0.1, 0.15) is 18.4 Å². The van der Waals surface area contributed by atoms with Gasteiger partial charge < -0.3 is 0 Å². The minimum atomic E-state index is -0.0675. The third kappa shape index (κ3) is 5.59. The van der Waals surface area contributed by atoms with Crippen molar-refractivity contribution in [1.82, 2.24) is 10.3 Å². The highest BCUT2D eigenvalue weighted by Gasteiger charge is 2.14. The summed E-state index contributed by atoms with van der Waals surface area (Å²) in [7, 11) is 0. The first-order valence-corrected chi connectivity index (χ1v) is 6.42. The number of benzene rings is 1. The number of carbonyl (C=O) groups excluding carboxylic acids is 1. The molecule has 1 aromatic carbocycles. The molecular formula is C13H17Cl2N3O. The second-order valence-corrected chi connectivity index (χ2v) is 4.76. The van der Waals surface area contributed by atoms with Gasteiger partial charge in [0, 0.05) is 5.02 Å². The number of rotatable bonds is 4. The van der Waals surface area contributed by atoms with E-state index in [2.05, 4.69) is 15.4 Å². The Morgan fingerprint density at radius 1 is 1.32 bits per heavy atom. The highest BCUT2D eigenvalue weighted by atomic mass is 35.5. The Morgan fingerprint density at radius 3 is 2.58 bits per heavy atom. The second-order valence-electron chi connectivity index (χ2n) is 4.33. The summed E-state index contributed by atoms with van der Waals surface area (Å²) in [6.45, 7) is 2.45. The van der Waals surface area contributed by atoms with Crippen LogP contribution < -0.4 is 5.43 Å². The standard InChI is InChI=1S/C13H16ClN3O.ClH/c14-12-5-3-11(4-6-12)9-15-16-13(18)10-17-7-1-2-8-17;/h3-6,9H,1-2,7-8,10H2,(H,16,18);1H/b15-9+;. The Balaban J connectivity index is 0.00000180. The van der Waals surface area contributed by atoms with Crippen LogP contribution in [0.15, 0.2) is 29.4 Å². The highest BCUT2D eigenvalue weighted by Crippen LogP contribution is 2.08. The lowest BCUT2D eigenvalue weighted by Crippen LogP contribution is -2.33. The Bertz CT molecular complexity index is 428. The van der Waals surface area contributed by atoms with Crippen molar-refractivity contribution < 1.29 is 4.79 Å². The molecule has 104 valence electrons. The fourth-order valence-electron chi connectivity index (χ4n) is 1.91. The molecule has 0 atom stereocenters. The Morgan fingerprint density at radius 2 is 1.95 bits per heavy atom. The van der Waals surface area contributed by atoms with Crippen molar-refractivity contribution in [2.45, 2.75) is 12.8 Å². The summed E-state index contributed by atoms with van der Waals surface area (Å²) < 4.78 is 0. The van der Waals surface area contributed by atoms with Crippen LogP contribution in [-0.4, -0.2) is 36.7 Å². The van der Waals surface area contributed by atoms with E-state index in [1.54, 1.807) is 18.3 Å². The number of hydrogen-bond donors (Lipinski definition) is 1. The lowest BCUT2D eigenvalue weighted by Gasteiger charge is -2.12. The van der Waals surface area contributed by atoms with Crippen LogP contribution >= 0.6 is 24.0 Å². The quantitative estimate of drug-likeness (QED) is 0.685. The lowest BCUT2D eigenvalue weighted by atomic mass is 10.2. The van der Waals surface area contributed by atoms with Gasteiger partial charge in [-0.25, -0.2) is 5.43 Å². The minimum Gasteiger partial charge on any atom is -0.294 e. The second kappa shape index (κ2) is 8.15. The molecule has 1 aliphatic rings. The van der Waals surface area contributed by atoms with Gasteiger partial charge in [0.1, 0.15) is 0 Å². The molecule has 1 aliphatic heterocycles. The highest BCUT2D eigenvalue weighted by molar-refractivity contribution is 6.30. The van der Waals surface area contributed by atoms with Crippen molar-refractivity contribution in [3.8, 4) is 0 Å². The molecule has 1 aromatic rings. The predicted octanol–water partition coefficient (Wildman–Crippen LogP) is 2.31. The van der Waals surface area contributed by atoms with E-state index in [9.17, 15) is 4.79 Å². The molecule has 0 aliphatic carbocycles. The molecular weight excluding hydrogens is 285 g/mol. The molecule has 0 saturated carbocycles. The van der Waals surface area contributed by atoms with Crippen molar-refractivity contribution in [2.24, 2.45) is 5.10 Å². The van der Waals surface area contributed by atoms with E-state index in [1.807, 2.05) is 12.1 Å². The number of likely N-dealkylation sites (tertiary alicyclic amines) is 1. The normalized spacial score (nSPS) is 15.4. The first kappa shape index (κ1) is 16.0. The molecule has 0 aromatic heterocycles. The summed E-state index contributed by atoms with van der Waals surface area (Å²) in [6, 6.07) is 7.26. The molecule has 1 saturated heterocycles. The van der Waals surface area contributed by atoms with Gasteiger partial charge in [-0.1, -0.05) is 23.7 Å². The van der Waals surface area contributed by atoms with Gasteiger partial charge in [0.25, 0.3) is 5.91 Å². The average Bonchev–Trinajstić information content (AvgIpc) is 2.84. The first-order chi connectivity index (χ1) is 8.74. The van der Waals surface area contributed by atoms with Gasteiger partial charge in [-0.15, -0.1) is 12.4 Å². The van der Waals surface area contributed by atoms with E-state index < -0.39 is 0 Å². The number of halogens is 2. The fourth-order valence-corrected chi connectivity index (χ4v) is 2.03. The number of hydrazone groups is 1. The van der Waals surface area contributed by atoms with Crippen molar-refractivity contribution in [2.75, 3.05) is 19.6 Å². The average molecular weight is 302 g/mol. The first-order valence-electron chi connectivity index (χ1n) is 6.04. The Hall–Kier alpha value is -1.10. The van der Waals surface area contributed by atoms with Gasteiger partial charge >= 0.3 is 0 Å². The van der Waals surface area contributed by atoms with Crippen LogP contribution in [0.5, 0.6) is 0 Å². The molecule has 6 heteroatoms.